The van der Waals surface area contributed by atoms with Gasteiger partial charge in [-0.3, -0.25) is 4.79 Å². The van der Waals surface area contributed by atoms with Crippen LogP contribution in [0.15, 0.2) is 30.3 Å². The van der Waals surface area contributed by atoms with Crippen LogP contribution in [-0.4, -0.2) is 27.4 Å². The van der Waals surface area contributed by atoms with E-state index in [0.717, 1.165) is 31.4 Å². The van der Waals surface area contributed by atoms with E-state index >= 15 is 0 Å². The molecule has 4 heteroatoms. The van der Waals surface area contributed by atoms with Crippen LogP contribution < -0.4 is 5.32 Å². The molecule has 1 saturated carbocycles. The van der Waals surface area contributed by atoms with E-state index in [0.29, 0.717) is 6.54 Å². The van der Waals surface area contributed by atoms with Crippen molar-refractivity contribution in [2.24, 2.45) is 0 Å². The van der Waals surface area contributed by atoms with Gasteiger partial charge in [0.2, 0.25) is 5.91 Å². The van der Waals surface area contributed by atoms with Gasteiger partial charge in [-0.2, -0.15) is 0 Å². The Morgan fingerprint density at radius 1 is 1.22 bits per heavy atom. The van der Waals surface area contributed by atoms with Gasteiger partial charge in [0.05, 0.1) is 5.41 Å². The van der Waals surface area contributed by atoms with Gasteiger partial charge in [-0.15, -0.1) is 0 Å². The van der Waals surface area contributed by atoms with Crippen molar-refractivity contribution in [2.45, 2.75) is 63.6 Å². The number of hydrogen-bond acceptors (Lipinski definition) is 2. The summed E-state index contributed by atoms with van der Waals surface area (Å²) in [5.74, 6) is 0.177. The van der Waals surface area contributed by atoms with Gasteiger partial charge >= 0.3 is 0 Å². The van der Waals surface area contributed by atoms with Crippen LogP contribution in [0.2, 0.25) is 18.1 Å². The Labute approximate surface area is 141 Å². The van der Waals surface area contributed by atoms with Crippen LogP contribution >= 0.6 is 0 Å². The van der Waals surface area contributed by atoms with E-state index in [1.807, 2.05) is 18.2 Å². The lowest BCUT2D eigenvalue weighted by Crippen LogP contribution is -2.41. The second kappa shape index (κ2) is 6.77. The molecule has 1 N–H and O–H groups in total. The first-order valence-electron chi connectivity index (χ1n) is 8.67. The Bertz CT molecular complexity index is 530. The predicted molar refractivity (Wildman–Crippen MR) is 98.1 cm³/mol. The molecule has 1 fully saturated rings. The molecule has 0 aromatic heterocycles. The van der Waals surface area contributed by atoms with Gasteiger partial charge < -0.3 is 9.74 Å². The summed E-state index contributed by atoms with van der Waals surface area (Å²) in [6, 6.07) is 10.1. The molecule has 0 unspecified atom stereocenters. The third-order valence-corrected chi connectivity index (χ3v) is 9.92. The molecule has 2 rings (SSSR count). The summed E-state index contributed by atoms with van der Waals surface area (Å²) in [5.41, 5.74) is 0.886. The predicted octanol–water partition coefficient (Wildman–Crippen LogP) is 4.25. The van der Waals surface area contributed by atoms with Crippen LogP contribution in [0.3, 0.4) is 0 Å². The minimum absolute atomic E-state index is 0.177. The summed E-state index contributed by atoms with van der Waals surface area (Å²) in [6.07, 6.45) is 2.80. The highest BCUT2D eigenvalue weighted by Crippen LogP contribution is 2.48. The topological polar surface area (TPSA) is 38.3 Å². The molecule has 1 aromatic carbocycles. The van der Waals surface area contributed by atoms with Crippen LogP contribution in [0.5, 0.6) is 0 Å². The number of carbonyl (C=O) groups is 1. The van der Waals surface area contributed by atoms with E-state index in [9.17, 15) is 4.79 Å². The summed E-state index contributed by atoms with van der Waals surface area (Å²) < 4.78 is 6.15. The lowest BCUT2D eigenvalue weighted by atomic mass is 9.95. The average molecular weight is 334 g/mol. The lowest BCUT2D eigenvalue weighted by molar-refractivity contribution is -0.123. The number of hydrogen-bond donors (Lipinski definition) is 1. The normalized spacial score (nSPS) is 16.9. The fourth-order valence-electron chi connectivity index (χ4n) is 2.52. The zero-order valence-electron chi connectivity index (χ0n) is 15.2. The third-order valence-electron chi connectivity index (χ3n) is 5.39. The number of benzene rings is 1. The molecule has 0 aliphatic heterocycles. The molecule has 128 valence electrons. The summed E-state index contributed by atoms with van der Waals surface area (Å²) in [7, 11) is -1.67. The van der Waals surface area contributed by atoms with Crippen molar-refractivity contribution in [2.75, 3.05) is 13.2 Å². The SMILES string of the molecule is CC(C)(C)[Si](C)(C)OCCCNC(=O)C1(c2ccccc2)CC1. The maximum Gasteiger partial charge on any atom is 0.230 e. The molecule has 0 saturated heterocycles. The first-order chi connectivity index (χ1) is 10.7. The molecule has 0 spiro atoms. The molecular formula is C19H31NO2Si. The van der Waals surface area contributed by atoms with Crippen molar-refractivity contribution in [3.63, 3.8) is 0 Å². The second-order valence-electron chi connectivity index (χ2n) is 8.17. The highest BCUT2D eigenvalue weighted by atomic mass is 28.4. The van der Waals surface area contributed by atoms with Crippen molar-refractivity contribution in [3.8, 4) is 0 Å². The third kappa shape index (κ3) is 4.24. The van der Waals surface area contributed by atoms with Crippen molar-refractivity contribution < 1.29 is 9.22 Å². The van der Waals surface area contributed by atoms with Gasteiger partial charge in [0.15, 0.2) is 8.32 Å². The number of amides is 1. The number of nitrogens with one attached hydrogen (secondary N) is 1. The zero-order valence-corrected chi connectivity index (χ0v) is 16.2. The molecule has 23 heavy (non-hydrogen) atoms. The van der Waals surface area contributed by atoms with Gasteiger partial charge in [0, 0.05) is 13.2 Å². The average Bonchev–Trinajstić information content (AvgIpc) is 3.28. The van der Waals surface area contributed by atoms with Crippen LogP contribution in [0.4, 0.5) is 0 Å². The Balaban J connectivity index is 1.74. The Morgan fingerprint density at radius 3 is 2.35 bits per heavy atom. The fraction of sp³-hybridized carbons (Fsp3) is 0.632. The first-order valence-corrected chi connectivity index (χ1v) is 11.6. The summed E-state index contributed by atoms with van der Waals surface area (Å²) in [5, 5.41) is 3.34. The fourth-order valence-corrected chi connectivity index (χ4v) is 3.60. The van der Waals surface area contributed by atoms with Crippen LogP contribution in [0.25, 0.3) is 0 Å². The van der Waals surface area contributed by atoms with E-state index < -0.39 is 8.32 Å². The maximum absolute atomic E-state index is 12.5. The molecule has 1 aliphatic rings. The van der Waals surface area contributed by atoms with Crippen molar-refractivity contribution in [1.82, 2.24) is 5.32 Å². The van der Waals surface area contributed by atoms with Gasteiger partial charge in [-0.05, 0) is 43.0 Å². The summed E-state index contributed by atoms with van der Waals surface area (Å²) in [4.78, 5) is 12.5. The molecule has 1 amide bonds. The molecule has 0 bridgehead atoms. The summed E-state index contributed by atoms with van der Waals surface area (Å²) >= 11 is 0. The smallest absolute Gasteiger partial charge is 0.230 e. The van der Waals surface area contributed by atoms with Crippen LogP contribution in [0.1, 0.15) is 45.6 Å². The van der Waals surface area contributed by atoms with E-state index in [1.54, 1.807) is 0 Å². The molecule has 0 atom stereocenters. The lowest BCUT2D eigenvalue weighted by Gasteiger charge is -2.36. The van der Waals surface area contributed by atoms with Gasteiger partial charge in [0.1, 0.15) is 0 Å². The zero-order chi connectivity index (χ0) is 17.1. The molecular weight excluding hydrogens is 302 g/mol. The van der Waals surface area contributed by atoms with E-state index in [-0.39, 0.29) is 16.4 Å². The summed E-state index contributed by atoms with van der Waals surface area (Å²) in [6.45, 7) is 12.7. The maximum atomic E-state index is 12.5. The largest absolute Gasteiger partial charge is 0.417 e. The molecule has 1 aliphatic carbocycles. The second-order valence-corrected chi connectivity index (χ2v) is 13.0. The standard InChI is InChI=1S/C19H31NO2Si/c1-18(2,3)23(4,5)22-15-9-14-20-17(21)19(12-13-19)16-10-7-6-8-11-16/h6-8,10-11H,9,12-15H2,1-5H3,(H,20,21). The Morgan fingerprint density at radius 2 is 1.83 bits per heavy atom. The molecule has 3 nitrogen and oxygen atoms in total. The van der Waals surface area contributed by atoms with Crippen LogP contribution in [0, 0.1) is 0 Å². The first kappa shape index (κ1) is 18.2. The highest BCUT2D eigenvalue weighted by Gasteiger charge is 2.50. The van der Waals surface area contributed by atoms with E-state index in [4.69, 9.17) is 4.43 Å². The quantitative estimate of drug-likeness (QED) is 0.598. The minimum atomic E-state index is -1.67. The van der Waals surface area contributed by atoms with Crippen LogP contribution in [-0.2, 0) is 14.6 Å². The van der Waals surface area contributed by atoms with E-state index in [1.165, 1.54) is 0 Å². The van der Waals surface area contributed by atoms with Crippen molar-refractivity contribution in [3.05, 3.63) is 35.9 Å². The molecule has 0 heterocycles. The molecule has 0 radical (unpaired) electrons. The minimum Gasteiger partial charge on any atom is -0.417 e. The molecule has 1 aromatic rings. The highest BCUT2D eigenvalue weighted by molar-refractivity contribution is 6.74. The van der Waals surface area contributed by atoms with Crippen molar-refractivity contribution in [1.29, 1.82) is 0 Å². The Hall–Kier alpha value is -1.13. The van der Waals surface area contributed by atoms with E-state index in [2.05, 4.69) is 51.3 Å². The van der Waals surface area contributed by atoms with Gasteiger partial charge in [-0.1, -0.05) is 51.1 Å². The Kier molecular flexibility index (Phi) is 5.36. The van der Waals surface area contributed by atoms with Gasteiger partial charge in [-0.25, -0.2) is 0 Å². The van der Waals surface area contributed by atoms with Gasteiger partial charge in [0.25, 0.3) is 0 Å². The monoisotopic (exact) mass is 333 g/mol. The van der Waals surface area contributed by atoms with Crippen molar-refractivity contribution >= 4 is 14.2 Å². The number of carbonyl (C=O) groups excluding carboxylic acids is 1. The number of rotatable bonds is 7.